The van der Waals surface area contributed by atoms with Gasteiger partial charge in [0, 0.05) is 10.2 Å². The van der Waals surface area contributed by atoms with E-state index in [0.29, 0.717) is 6.61 Å². The van der Waals surface area contributed by atoms with Crippen LogP contribution in [0.15, 0.2) is 18.2 Å². The minimum absolute atomic E-state index is 0.0422. The normalized spacial score (nSPS) is 25.9. The Morgan fingerprint density at radius 3 is 3.05 bits per heavy atom. The Labute approximate surface area is 127 Å². The lowest BCUT2D eigenvalue weighted by atomic mass is 10.0. The maximum absolute atomic E-state index is 12.3. The number of carbonyl (C=O) groups is 1. The van der Waals surface area contributed by atoms with Crippen LogP contribution in [0.4, 0.5) is 0 Å². The molecule has 1 aromatic carbocycles. The number of hydrogen-bond acceptors (Lipinski definition) is 2. The second kappa shape index (κ2) is 5.79. The summed E-state index contributed by atoms with van der Waals surface area (Å²) in [5.41, 5.74) is 2.68. The summed E-state index contributed by atoms with van der Waals surface area (Å²) >= 11 is 2.33. The van der Waals surface area contributed by atoms with Gasteiger partial charge in [-0.1, -0.05) is 6.07 Å². The van der Waals surface area contributed by atoms with Gasteiger partial charge in [-0.2, -0.15) is 0 Å². The van der Waals surface area contributed by atoms with Crippen molar-refractivity contribution in [3.8, 4) is 0 Å². The lowest BCUT2D eigenvalue weighted by Crippen LogP contribution is -2.37. The van der Waals surface area contributed by atoms with Crippen molar-refractivity contribution in [2.24, 2.45) is 5.92 Å². The van der Waals surface area contributed by atoms with Crippen molar-refractivity contribution in [1.82, 2.24) is 5.32 Å². The van der Waals surface area contributed by atoms with Crippen molar-refractivity contribution in [3.05, 3.63) is 32.9 Å². The van der Waals surface area contributed by atoms with Gasteiger partial charge in [0.1, 0.15) is 0 Å². The summed E-state index contributed by atoms with van der Waals surface area (Å²) < 4.78 is 6.63. The van der Waals surface area contributed by atoms with Gasteiger partial charge in [0.2, 0.25) is 5.91 Å². The summed E-state index contributed by atoms with van der Waals surface area (Å²) in [6.07, 6.45) is 4.04. The van der Waals surface area contributed by atoms with Crippen molar-refractivity contribution < 1.29 is 9.53 Å². The van der Waals surface area contributed by atoms with E-state index in [2.05, 4.69) is 46.1 Å². The highest BCUT2D eigenvalue weighted by molar-refractivity contribution is 14.1. The minimum Gasteiger partial charge on any atom is -0.381 e. The molecule has 0 spiro atoms. The molecule has 1 N–H and O–H groups in total. The molecule has 3 nitrogen and oxygen atoms in total. The standard InChI is InChI=1S/C15H18INO2/c16-12-5-3-10-4-6-14(13(10)8-12)17-15(18)11-2-1-7-19-9-11/h3,5,8,11,14H,1-2,4,6-7,9H2,(H,17,18)/t11?,14-/m0/s1. The molecule has 0 aromatic heterocycles. The highest BCUT2D eigenvalue weighted by Gasteiger charge is 2.28. The fraction of sp³-hybridized carbons (Fsp3) is 0.533. The molecule has 1 heterocycles. The number of rotatable bonds is 2. The Morgan fingerprint density at radius 1 is 1.37 bits per heavy atom. The van der Waals surface area contributed by atoms with Crippen LogP contribution in [0.1, 0.15) is 36.4 Å². The van der Waals surface area contributed by atoms with Gasteiger partial charge >= 0.3 is 0 Å². The molecule has 0 saturated carbocycles. The van der Waals surface area contributed by atoms with Gasteiger partial charge in [-0.25, -0.2) is 0 Å². The second-order valence-corrected chi connectivity index (χ2v) is 6.60. The highest BCUT2D eigenvalue weighted by Crippen LogP contribution is 2.32. The summed E-state index contributed by atoms with van der Waals surface area (Å²) in [6.45, 7) is 1.38. The first kappa shape index (κ1) is 13.4. The van der Waals surface area contributed by atoms with Crippen LogP contribution < -0.4 is 5.32 Å². The smallest absolute Gasteiger partial charge is 0.225 e. The third-order valence-electron chi connectivity index (χ3n) is 4.03. The maximum atomic E-state index is 12.3. The topological polar surface area (TPSA) is 38.3 Å². The molecule has 2 aliphatic rings. The summed E-state index contributed by atoms with van der Waals surface area (Å²) in [5.74, 6) is 0.206. The number of benzene rings is 1. The number of amides is 1. The molecule has 2 atom stereocenters. The van der Waals surface area contributed by atoms with Gasteiger partial charge in [-0.15, -0.1) is 0 Å². The van der Waals surface area contributed by atoms with Crippen LogP contribution in [-0.4, -0.2) is 19.1 Å². The number of ether oxygens (including phenoxy) is 1. The van der Waals surface area contributed by atoms with Gasteiger partial charge in [0.25, 0.3) is 0 Å². The molecule has 1 aliphatic heterocycles. The van der Waals surface area contributed by atoms with E-state index in [1.807, 2.05) is 0 Å². The molecule has 102 valence electrons. The van der Waals surface area contributed by atoms with E-state index in [1.165, 1.54) is 14.7 Å². The van der Waals surface area contributed by atoms with Crippen molar-refractivity contribution in [2.45, 2.75) is 31.7 Å². The second-order valence-electron chi connectivity index (χ2n) is 5.36. The van der Waals surface area contributed by atoms with Crippen LogP contribution >= 0.6 is 22.6 Å². The predicted octanol–water partition coefficient (Wildman–Crippen LogP) is 2.82. The van der Waals surface area contributed by atoms with Crippen molar-refractivity contribution in [2.75, 3.05) is 13.2 Å². The number of carbonyl (C=O) groups excluding carboxylic acids is 1. The Balaban J connectivity index is 1.68. The van der Waals surface area contributed by atoms with Crippen LogP contribution in [0.3, 0.4) is 0 Å². The first-order chi connectivity index (χ1) is 9.24. The van der Waals surface area contributed by atoms with Crippen LogP contribution in [0.25, 0.3) is 0 Å². The van der Waals surface area contributed by atoms with Gasteiger partial charge in [-0.3, -0.25) is 4.79 Å². The molecule has 1 aromatic rings. The quantitative estimate of drug-likeness (QED) is 0.812. The van der Waals surface area contributed by atoms with Gasteiger partial charge < -0.3 is 10.1 Å². The zero-order valence-electron chi connectivity index (χ0n) is 10.8. The molecule has 4 heteroatoms. The molecule has 1 saturated heterocycles. The first-order valence-corrected chi connectivity index (χ1v) is 7.98. The Bertz CT molecular complexity index is 483. The number of aryl methyl sites for hydroxylation is 1. The number of halogens is 1. The molecular weight excluding hydrogens is 353 g/mol. The molecule has 19 heavy (non-hydrogen) atoms. The number of hydrogen-bond donors (Lipinski definition) is 1. The fourth-order valence-corrected chi connectivity index (χ4v) is 3.48. The number of nitrogens with one attached hydrogen (secondary N) is 1. The average molecular weight is 371 g/mol. The van der Waals surface area contributed by atoms with E-state index >= 15 is 0 Å². The highest BCUT2D eigenvalue weighted by atomic mass is 127. The van der Waals surface area contributed by atoms with Crippen LogP contribution in [0, 0.1) is 9.49 Å². The third kappa shape index (κ3) is 2.94. The fourth-order valence-electron chi connectivity index (χ4n) is 2.96. The molecule has 0 radical (unpaired) electrons. The van der Waals surface area contributed by atoms with Gasteiger partial charge in [0.05, 0.1) is 18.6 Å². The van der Waals surface area contributed by atoms with Crippen LogP contribution in [0.2, 0.25) is 0 Å². The minimum atomic E-state index is 0.0422. The Hall–Kier alpha value is -0.620. The van der Waals surface area contributed by atoms with E-state index in [1.54, 1.807) is 0 Å². The van der Waals surface area contributed by atoms with Gasteiger partial charge in [-0.05, 0) is 71.5 Å². The van der Waals surface area contributed by atoms with E-state index in [9.17, 15) is 4.79 Å². The molecule has 0 bridgehead atoms. The van der Waals surface area contributed by atoms with Crippen LogP contribution in [-0.2, 0) is 16.0 Å². The molecule has 1 aliphatic carbocycles. The maximum Gasteiger partial charge on any atom is 0.225 e. The lowest BCUT2D eigenvalue weighted by molar-refractivity contribution is -0.129. The SMILES string of the molecule is O=C(N[C@H]1CCc2ccc(I)cc21)C1CCCOC1. The molecule has 1 fully saturated rings. The van der Waals surface area contributed by atoms with Crippen molar-refractivity contribution in [1.29, 1.82) is 0 Å². The Kier molecular flexibility index (Phi) is 4.07. The van der Waals surface area contributed by atoms with Crippen molar-refractivity contribution in [3.63, 3.8) is 0 Å². The molecule has 3 rings (SSSR count). The monoisotopic (exact) mass is 371 g/mol. The zero-order chi connectivity index (χ0) is 13.2. The van der Waals surface area contributed by atoms with E-state index in [-0.39, 0.29) is 17.9 Å². The molecule has 1 amide bonds. The van der Waals surface area contributed by atoms with Gasteiger partial charge in [0.15, 0.2) is 0 Å². The third-order valence-corrected chi connectivity index (χ3v) is 4.70. The lowest BCUT2D eigenvalue weighted by Gasteiger charge is -2.23. The summed E-state index contributed by atoms with van der Waals surface area (Å²) in [5, 5.41) is 3.21. The largest absolute Gasteiger partial charge is 0.381 e. The van der Waals surface area contributed by atoms with E-state index in [0.717, 1.165) is 32.3 Å². The van der Waals surface area contributed by atoms with E-state index in [4.69, 9.17) is 4.74 Å². The molecule has 1 unspecified atom stereocenters. The predicted molar refractivity (Wildman–Crippen MR) is 81.9 cm³/mol. The summed E-state index contributed by atoms with van der Waals surface area (Å²) in [6, 6.07) is 6.72. The number of fused-ring (bicyclic) bond motifs is 1. The average Bonchev–Trinajstić information content (AvgIpc) is 2.82. The van der Waals surface area contributed by atoms with Crippen molar-refractivity contribution >= 4 is 28.5 Å². The zero-order valence-corrected chi connectivity index (χ0v) is 13.0. The summed E-state index contributed by atoms with van der Waals surface area (Å²) in [7, 11) is 0. The first-order valence-electron chi connectivity index (χ1n) is 6.90. The Morgan fingerprint density at radius 2 is 2.26 bits per heavy atom. The summed E-state index contributed by atoms with van der Waals surface area (Å²) in [4.78, 5) is 12.3. The van der Waals surface area contributed by atoms with Crippen LogP contribution in [0.5, 0.6) is 0 Å². The van der Waals surface area contributed by atoms with E-state index < -0.39 is 0 Å². The molecular formula is C15H18INO2.